The molecule has 23 heavy (non-hydrogen) atoms. The first-order valence-corrected chi connectivity index (χ1v) is 8.36. The lowest BCUT2D eigenvalue weighted by Gasteiger charge is -2.33. The van der Waals surface area contributed by atoms with Crippen molar-refractivity contribution in [3.63, 3.8) is 0 Å². The number of carbonyl (C=O) groups excluding carboxylic acids is 1. The van der Waals surface area contributed by atoms with Gasteiger partial charge in [-0.15, -0.1) is 0 Å². The van der Waals surface area contributed by atoms with Crippen molar-refractivity contribution in [1.29, 1.82) is 0 Å². The molecular weight excluding hydrogens is 291 g/mol. The van der Waals surface area contributed by atoms with Crippen molar-refractivity contribution in [1.82, 2.24) is 4.90 Å². The monoisotopic (exact) mass is 322 g/mol. The minimum Gasteiger partial charge on any atom is -0.375 e. The second kappa shape index (κ2) is 9.33. The van der Waals surface area contributed by atoms with Gasteiger partial charge in [0.05, 0.1) is 5.92 Å². The van der Waals surface area contributed by atoms with E-state index < -0.39 is 0 Å². The summed E-state index contributed by atoms with van der Waals surface area (Å²) in [6.45, 7) is 13.5. The first-order valence-electron chi connectivity index (χ1n) is 8.36. The van der Waals surface area contributed by atoms with Gasteiger partial charge in [0.25, 0.3) is 0 Å². The number of likely N-dealkylation sites (tertiary alicyclic amines) is 1. The molecule has 3 nitrogen and oxygen atoms in total. The zero-order chi connectivity index (χ0) is 17.4. The SMILES string of the molecule is C=C(C)N1CCC[C@H](C(=O)Nc2ccc(C)c(F)c2)C1.CCC.[HH]. The fraction of sp³-hybridized carbons (Fsp3) is 0.526. The fourth-order valence-corrected chi connectivity index (χ4v) is 2.45. The number of aryl methyl sites for hydroxylation is 1. The normalized spacial score (nSPS) is 17.1. The maximum atomic E-state index is 13.5. The largest absolute Gasteiger partial charge is 0.375 e. The first kappa shape index (κ1) is 19.2. The summed E-state index contributed by atoms with van der Waals surface area (Å²) >= 11 is 0. The van der Waals surface area contributed by atoms with Gasteiger partial charge in [0.1, 0.15) is 5.82 Å². The van der Waals surface area contributed by atoms with Gasteiger partial charge in [-0.1, -0.05) is 32.9 Å². The Labute approximate surface area is 141 Å². The highest BCUT2D eigenvalue weighted by Crippen LogP contribution is 2.21. The van der Waals surface area contributed by atoms with Crippen LogP contribution in [-0.2, 0) is 4.79 Å². The lowest BCUT2D eigenvalue weighted by Crippen LogP contribution is -2.39. The number of carbonyl (C=O) groups is 1. The van der Waals surface area contributed by atoms with Gasteiger partial charge in [0.15, 0.2) is 0 Å². The highest BCUT2D eigenvalue weighted by atomic mass is 19.1. The molecule has 1 atom stereocenters. The second-order valence-electron chi connectivity index (χ2n) is 6.18. The molecule has 1 aromatic carbocycles. The van der Waals surface area contributed by atoms with E-state index in [0.29, 0.717) is 17.8 Å². The lowest BCUT2D eigenvalue weighted by atomic mass is 9.96. The Hall–Kier alpha value is -1.84. The average Bonchev–Trinajstić information content (AvgIpc) is 2.52. The average molecular weight is 322 g/mol. The van der Waals surface area contributed by atoms with Crippen molar-refractivity contribution in [2.24, 2.45) is 5.92 Å². The van der Waals surface area contributed by atoms with Crippen LogP contribution in [0.3, 0.4) is 0 Å². The van der Waals surface area contributed by atoms with Crippen LogP contribution in [0.25, 0.3) is 0 Å². The van der Waals surface area contributed by atoms with Crippen LogP contribution in [0.4, 0.5) is 10.1 Å². The molecule has 0 bridgehead atoms. The van der Waals surface area contributed by atoms with Crippen LogP contribution in [0.1, 0.15) is 47.0 Å². The highest BCUT2D eigenvalue weighted by Gasteiger charge is 2.25. The summed E-state index contributed by atoms with van der Waals surface area (Å²) in [5, 5.41) is 2.80. The van der Waals surface area contributed by atoms with Gasteiger partial charge in [-0.25, -0.2) is 4.39 Å². The number of hydrogen-bond acceptors (Lipinski definition) is 2. The van der Waals surface area contributed by atoms with Gasteiger partial charge < -0.3 is 10.2 Å². The second-order valence-corrected chi connectivity index (χ2v) is 6.18. The van der Waals surface area contributed by atoms with Crippen LogP contribution >= 0.6 is 0 Å². The number of halogens is 1. The molecule has 0 saturated carbocycles. The number of nitrogens with zero attached hydrogens (tertiary/aromatic N) is 1. The van der Waals surface area contributed by atoms with E-state index in [1.54, 1.807) is 19.1 Å². The zero-order valence-electron chi connectivity index (χ0n) is 14.8. The van der Waals surface area contributed by atoms with E-state index in [9.17, 15) is 9.18 Å². The Balaban J connectivity index is 0.00000123. The molecular formula is C19H31FN2O. The topological polar surface area (TPSA) is 32.3 Å². The quantitative estimate of drug-likeness (QED) is 0.851. The lowest BCUT2D eigenvalue weighted by molar-refractivity contribution is -0.121. The van der Waals surface area contributed by atoms with E-state index in [1.807, 2.05) is 6.92 Å². The summed E-state index contributed by atoms with van der Waals surface area (Å²) in [6, 6.07) is 4.77. The zero-order valence-corrected chi connectivity index (χ0v) is 14.8. The van der Waals surface area contributed by atoms with Gasteiger partial charge in [0.2, 0.25) is 5.91 Å². The van der Waals surface area contributed by atoms with Crippen LogP contribution in [0.15, 0.2) is 30.5 Å². The third-order valence-corrected chi connectivity index (χ3v) is 3.77. The minimum atomic E-state index is -0.296. The Bertz CT molecular complexity index is 548. The number of benzene rings is 1. The van der Waals surface area contributed by atoms with Crippen molar-refractivity contribution in [2.75, 3.05) is 18.4 Å². The predicted molar refractivity (Wildman–Crippen MR) is 97.0 cm³/mol. The minimum absolute atomic E-state index is 0. The number of piperidine rings is 1. The predicted octanol–water partition coefficient (Wildman–Crippen LogP) is 4.98. The van der Waals surface area contributed by atoms with E-state index in [-0.39, 0.29) is 19.1 Å². The standard InChI is InChI=1S/C16H21FN2O.C3H8.H2/c1-11(2)19-8-4-5-13(10-19)16(20)18-14-7-6-12(3)15(17)9-14;1-3-2;/h6-7,9,13H,1,4-5,8,10H2,2-3H3,(H,18,20);3H2,1-2H3;1H/t13-;;/m0../s1. The Morgan fingerprint density at radius 1 is 1.48 bits per heavy atom. The van der Waals surface area contributed by atoms with Crippen molar-refractivity contribution in [3.8, 4) is 0 Å². The third-order valence-electron chi connectivity index (χ3n) is 3.77. The maximum absolute atomic E-state index is 13.5. The Morgan fingerprint density at radius 2 is 2.13 bits per heavy atom. The Morgan fingerprint density at radius 3 is 2.70 bits per heavy atom. The summed E-state index contributed by atoms with van der Waals surface area (Å²) in [6.07, 6.45) is 3.09. The summed E-state index contributed by atoms with van der Waals surface area (Å²) in [4.78, 5) is 14.4. The summed E-state index contributed by atoms with van der Waals surface area (Å²) < 4.78 is 13.5. The third kappa shape index (κ3) is 6.05. The van der Waals surface area contributed by atoms with E-state index in [4.69, 9.17) is 0 Å². The molecule has 0 unspecified atom stereocenters. The van der Waals surface area contributed by atoms with Gasteiger partial charge in [-0.2, -0.15) is 0 Å². The van der Waals surface area contributed by atoms with E-state index in [2.05, 4.69) is 30.6 Å². The Kier molecular flexibility index (Phi) is 7.79. The summed E-state index contributed by atoms with van der Waals surface area (Å²) in [5.41, 5.74) is 2.09. The van der Waals surface area contributed by atoms with E-state index >= 15 is 0 Å². The molecule has 1 aromatic rings. The summed E-state index contributed by atoms with van der Waals surface area (Å²) in [5.74, 6) is -0.404. The molecule has 4 heteroatoms. The first-order chi connectivity index (χ1) is 10.9. The van der Waals surface area contributed by atoms with Crippen LogP contribution in [-0.4, -0.2) is 23.9 Å². The van der Waals surface area contributed by atoms with Gasteiger partial charge in [0, 0.05) is 25.9 Å². The fourth-order valence-electron chi connectivity index (χ4n) is 2.45. The van der Waals surface area contributed by atoms with E-state index in [1.165, 1.54) is 12.5 Å². The number of anilines is 1. The smallest absolute Gasteiger partial charge is 0.229 e. The number of amides is 1. The molecule has 1 aliphatic rings. The van der Waals surface area contributed by atoms with Gasteiger partial charge in [-0.3, -0.25) is 4.79 Å². The van der Waals surface area contributed by atoms with Crippen LogP contribution < -0.4 is 5.32 Å². The van der Waals surface area contributed by atoms with Crippen LogP contribution in [0.2, 0.25) is 0 Å². The molecule has 1 amide bonds. The number of rotatable bonds is 3. The molecule has 0 spiro atoms. The highest BCUT2D eigenvalue weighted by molar-refractivity contribution is 5.92. The molecule has 2 rings (SSSR count). The molecule has 0 aromatic heterocycles. The maximum Gasteiger partial charge on any atom is 0.229 e. The molecule has 1 fully saturated rings. The van der Waals surface area contributed by atoms with E-state index in [0.717, 1.165) is 25.1 Å². The molecule has 0 radical (unpaired) electrons. The number of nitrogens with one attached hydrogen (secondary N) is 1. The molecule has 0 aliphatic carbocycles. The van der Waals surface area contributed by atoms with Crippen molar-refractivity contribution < 1.29 is 10.6 Å². The molecule has 1 heterocycles. The van der Waals surface area contributed by atoms with Crippen LogP contribution in [0.5, 0.6) is 0 Å². The summed E-state index contributed by atoms with van der Waals surface area (Å²) in [7, 11) is 0. The van der Waals surface area contributed by atoms with Crippen LogP contribution in [0, 0.1) is 18.7 Å². The van der Waals surface area contributed by atoms with Crippen molar-refractivity contribution in [3.05, 3.63) is 41.9 Å². The number of hydrogen-bond donors (Lipinski definition) is 1. The number of allylic oxidation sites excluding steroid dienone is 1. The van der Waals surface area contributed by atoms with Gasteiger partial charge >= 0.3 is 0 Å². The molecule has 1 aliphatic heterocycles. The van der Waals surface area contributed by atoms with Crippen molar-refractivity contribution in [2.45, 2.75) is 47.0 Å². The van der Waals surface area contributed by atoms with Gasteiger partial charge in [-0.05, 0) is 44.4 Å². The molecule has 1 saturated heterocycles. The molecule has 1 N–H and O–H groups in total. The molecule has 130 valence electrons. The van der Waals surface area contributed by atoms with Crippen molar-refractivity contribution >= 4 is 11.6 Å².